The fraction of sp³-hybridized carbons (Fsp3) is 0.500. The van der Waals surface area contributed by atoms with Crippen molar-refractivity contribution < 1.29 is 0 Å². The summed E-state index contributed by atoms with van der Waals surface area (Å²) < 4.78 is 0. The molecule has 0 amide bonds. The second kappa shape index (κ2) is 4.50. The predicted molar refractivity (Wildman–Crippen MR) is 27.0 cm³/mol. The first kappa shape index (κ1) is 5.50. The largest absolute Gasteiger partial charge is 0.329 e. The lowest BCUT2D eigenvalue weighted by atomic mass is 10.7. The Bertz CT molecular complexity index is 40.8. The maximum absolute atomic E-state index is 2.77. The van der Waals surface area contributed by atoms with Gasteiger partial charge in [-0.3, -0.25) is 0 Å². The van der Waals surface area contributed by atoms with Crippen LogP contribution in [-0.2, 0) is 0 Å². The highest BCUT2D eigenvalue weighted by molar-refractivity contribution is 4.70. The molecule has 0 spiro atoms. The smallest absolute Gasteiger partial charge is 0.00822 e. The number of hydrogen-bond donors (Lipinski definition) is 2. The van der Waals surface area contributed by atoms with Crippen LogP contribution in [0.3, 0.4) is 0 Å². The van der Waals surface area contributed by atoms with E-state index in [0.29, 0.717) is 0 Å². The van der Waals surface area contributed by atoms with E-state index in [-0.39, 0.29) is 0 Å². The Kier molecular flexibility index (Phi) is 4.12. The zero-order valence-electron chi connectivity index (χ0n) is 4.15. The van der Waals surface area contributed by atoms with Gasteiger partial charge in [-0.25, -0.2) is 5.43 Å². The van der Waals surface area contributed by atoms with E-state index in [9.17, 15) is 0 Å². The number of hydrogen-bond acceptors (Lipinski definition) is 2. The van der Waals surface area contributed by atoms with Crippen LogP contribution in [0.1, 0.15) is 6.92 Å². The number of allylic oxidation sites excluding steroid dienone is 1. The van der Waals surface area contributed by atoms with E-state index in [4.69, 9.17) is 0 Å². The van der Waals surface area contributed by atoms with E-state index >= 15 is 0 Å². The van der Waals surface area contributed by atoms with E-state index in [1.54, 1.807) is 0 Å². The van der Waals surface area contributed by atoms with Gasteiger partial charge >= 0.3 is 0 Å². The first-order valence-electron chi connectivity index (χ1n) is 1.95. The van der Waals surface area contributed by atoms with Crippen LogP contribution in [0.4, 0.5) is 0 Å². The van der Waals surface area contributed by atoms with Crippen molar-refractivity contribution in [3.8, 4) is 0 Å². The molecule has 6 heavy (non-hydrogen) atoms. The maximum atomic E-state index is 2.77. The second-order valence-corrected chi connectivity index (χ2v) is 0.894. The molecule has 0 bridgehead atoms. The molecular weight excluding hydrogens is 76.1 g/mol. The molecule has 36 valence electrons. The van der Waals surface area contributed by atoms with Crippen LogP contribution < -0.4 is 10.9 Å². The maximum Gasteiger partial charge on any atom is 0.00822 e. The summed E-state index contributed by atoms with van der Waals surface area (Å²) in [6, 6.07) is 0. The molecule has 0 aliphatic rings. The zero-order valence-corrected chi connectivity index (χ0v) is 4.15. The molecule has 2 N–H and O–H groups in total. The van der Waals surface area contributed by atoms with Crippen molar-refractivity contribution in [3.05, 3.63) is 12.3 Å². The first-order valence-corrected chi connectivity index (χ1v) is 1.95. The summed E-state index contributed by atoms with van der Waals surface area (Å²) in [5, 5.41) is 0. The molecule has 0 aliphatic carbocycles. The average molecular weight is 86.1 g/mol. The van der Waals surface area contributed by atoms with Crippen LogP contribution in [0.15, 0.2) is 12.3 Å². The molecule has 0 rings (SSSR count). The van der Waals surface area contributed by atoms with E-state index in [2.05, 4.69) is 10.9 Å². The fourth-order valence-electron chi connectivity index (χ4n) is 0.167. The monoisotopic (exact) mass is 86.1 g/mol. The summed E-state index contributed by atoms with van der Waals surface area (Å²) in [7, 11) is 1.82. The van der Waals surface area contributed by atoms with Crippen LogP contribution in [0.2, 0.25) is 0 Å². The van der Waals surface area contributed by atoms with Crippen molar-refractivity contribution in [1.82, 2.24) is 10.9 Å². The lowest BCUT2D eigenvalue weighted by Crippen LogP contribution is -2.20. The topological polar surface area (TPSA) is 24.1 Å². The molecule has 0 radical (unpaired) electrons. The fourth-order valence-corrected chi connectivity index (χ4v) is 0.167. The lowest BCUT2D eigenvalue weighted by Gasteiger charge is -1.89. The Morgan fingerprint density at radius 1 is 1.50 bits per heavy atom. The standard InChI is InChI=1S/C4H10N2/c1-3-4-6-5-2/h3-6H,1-2H3. The summed E-state index contributed by atoms with van der Waals surface area (Å²) in [5.74, 6) is 0. The van der Waals surface area contributed by atoms with Crippen molar-refractivity contribution in [2.45, 2.75) is 6.92 Å². The second-order valence-electron chi connectivity index (χ2n) is 0.894. The third kappa shape index (κ3) is 3.50. The third-order valence-corrected chi connectivity index (χ3v) is 0.394. The molecule has 2 heteroatoms. The summed E-state index contributed by atoms with van der Waals surface area (Å²) in [5.41, 5.74) is 5.50. The zero-order chi connectivity index (χ0) is 4.83. The molecule has 0 fully saturated rings. The van der Waals surface area contributed by atoms with E-state index < -0.39 is 0 Å². The lowest BCUT2D eigenvalue weighted by molar-refractivity contribution is 0.730. The van der Waals surface area contributed by atoms with E-state index in [0.717, 1.165) is 0 Å². The van der Waals surface area contributed by atoms with Crippen molar-refractivity contribution >= 4 is 0 Å². The van der Waals surface area contributed by atoms with Crippen LogP contribution in [0.25, 0.3) is 0 Å². The molecule has 0 aromatic rings. The molecular formula is C4H10N2. The van der Waals surface area contributed by atoms with Gasteiger partial charge in [0, 0.05) is 13.2 Å². The third-order valence-electron chi connectivity index (χ3n) is 0.394. The van der Waals surface area contributed by atoms with Crippen LogP contribution in [0, 0.1) is 0 Å². The quantitative estimate of drug-likeness (QED) is 0.470. The Morgan fingerprint density at radius 3 is 2.33 bits per heavy atom. The van der Waals surface area contributed by atoms with Gasteiger partial charge in [-0.15, -0.1) is 0 Å². The van der Waals surface area contributed by atoms with E-state index in [1.807, 2.05) is 26.2 Å². The Balaban J connectivity index is 2.66. The van der Waals surface area contributed by atoms with Gasteiger partial charge in [-0.05, 0) is 6.92 Å². The molecule has 0 atom stereocenters. The van der Waals surface area contributed by atoms with Gasteiger partial charge in [0.1, 0.15) is 0 Å². The molecule has 0 aromatic carbocycles. The van der Waals surface area contributed by atoms with Gasteiger partial charge in [0.05, 0.1) is 0 Å². The number of hydrazine groups is 1. The molecule has 0 saturated heterocycles. The first-order chi connectivity index (χ1) is 2.91. The van der Waals surface area contributed by atoms with Crippen LogP contribution >= 0.6 is 0 Å². The number of nitrogens with one attached hydrogen (secondary N) is 2. The highest BCUT2D eigenvalue weighted by atomic mass is 15.3. The van der Waals surface area contributed by atoms with Crippen molar-refractivity contribution in [2.75, 3.05) is 7.05 Å². The highest BCUT2D eigenvalue weighted by Crippen LogP contribution is 1.53. The number of rotatable bonds is 2. The SMILES string of the molecule is CC=CNNC. The summed E-state index contributed by atoms with van der Waals surface area (Å²) in [6.07, 6.45) is 3.73. The Morgan fingerprint density at radius 2 is 2.17 bits per heavy atom. The van der Waals surface area contributed by atoms with Crippen LogP contribution in [-0.4, -0.2) is 7.05 Å². The molecule has 0 aromatic heterocycles. The average Bonchev–Trinajstić information content (AvgIpc) is 1.61. The molecule has 0 saturated carbocycles. The van der Waals surface area contributed by atoms with Gasteiger partial charge in [-0.1, -0.05) is 6.08 Å². The van der Waals surface area contributed by atoms with Crippen molar-refractivity contribution in [3.63, 3.8) is 0 Å². The van der Waals surface area contributed by atoms with Gasteiger partial charge < -0.3 is 5.43 Å². The van der Waals surface area contributed by atoms with Gasteiger partial charge in [-0.2, -0.15) is 0 Å². The van der Waals surface area contributed by atoms with Crippen LogP contribution in [0.5, 0.6) is 0 Å². The van der Waals surface area contributed by atoms with Gasteiger partial charge in [0.15, 0.2) is 0 Å². The summed E-state index contributed by atoms with van der Waals surface area (Å²) in [6.45, 7) is 1.95. The molecule has 0 heterocycles. The van der Waals surface area contributed by atoms with Crippen molar-refractivity contribution in [1.29, 1.82) is 0 Å². The summed E-state index contributed by atoms with van der Waals surface area (Å²) >= 11 is 0. The van der Waals surface area contributed by atoms with E-state index in [1.165, 1.54) is 0 Å². The minimum atomic E-state index is 1.82. The van der Waals surface area contributed by atoms with Gasteiger partial charge in [0.2, 0.25) is 0 Å². The molecule has 0 unspecified atom stereocenters. The minimum Gasteiger partial charge on any atom is -0.329 e. The minimum absolute atomic E-state index is 1.82. The Hall–Kier alpha value is -0.500. The Labute approximate surface area is 38.2 Å². The van der Waals surface area contributed by atoms with Gasteiger partial charge in [0.25, 0.3) is 0 Å². The highest BCUT2D eigenvalue weighted by Gasteiger charge is 1.54. The van der Waals surface area contributed by atoms with Crippen molar-refractivity contribution in [2.24, 2.45) is 0 Å². The predicted octanol–water partition coefficient (Wildman–Crippen LogP) is 0.244. The summed E-state index contributed by atoms with van der Waals surface area (Å²) in [4.78, 5) is 0. The molecule has 2 nitrogen and oxygen atoms in total. The molecule has 0 aliphatic heterocycles. The normalized spacial score (nSPS) is 9.67.